The van der Waals surface area contributed by atoms with Crippen molar-refractivity contribution in [3.05, 3.63) is 64.4 Å². The van der Waals surface area contributed by atoms with E-state index in [9.17, 15) is 23.1 Å². The molecule has 0 aromatic heterocycles. The van der Waals surface area contributed by atoms with E-state index in [4.69, 9.17) is 10.00 Å². The van der Waals surface area contributed by atoms with Gasteiger partial charge < -0.3 is 9.84 Å². The van der Waals surface area contributed by atoms with E-state index in [1.54, 1.807) is 18.2 Å². The number of aliphatic hydroxyl groups excluding tert-OH is 1. The third-order valence-corrected chi connectivity index (χ3v) is 7.72. The molecule has 6 rings (SSSR count). The van der Waals surface area contributed by atoms with Crippen LogP contribution in [0.3, 0.4) is 0 Å². The van der Waals surface area contributed by atoms with E-state index >= 15 is 0 Å². The molecular formula is C27H24F3NO3. The van der Waals surface area contributed by atoms with E-state index in [-0.39, 0.29) is 29.1 Å². The molecule has 176 valence electrons. The minimum Gasteiger partial charge on any atom is -0.511 e. The number of carbonyl (C=O) groups excluding carboxylic acids is 1. The van der Waals surface area contributed by atoms with Crippen LogP contribution in [0.1, 0.15) is 54.9 Å². The summed E-state index contributed by atoms with van der Waals surface area (Å²) in [6.07, 6.45) is 0.127. The van der Waals surface area contributed by atoms with Crippen LogP contribution in [0.5, 0.6) is 11.5 Å². The van der Waals surface area contributed by atoms with Gasteiger partial charge in [0.2, 0.25) is 0 Å². The zero-order valence-corrected chi connectivity index (χ0v) is 18.7. The van der Waals surface area contributed by atoms with E-state index in [1.165, 1.54) is 6.07 Å². The van der Waals surface area contributed by atoms with Gasteiger partial charge in [-0.2, -0.15) is 18.4 Å². The Morgan fingerprint density at radius 2 is 1.65 bits per heavy atom. The summed E-state index contributed by atoms with van der Waals surface area (Å²) in [6.45, 7) is 1.96. The maximum atomic E-state index is 13.5. The molecule has 34 heavy (non-hydrogen) atoms. The minimum atomic E-state index is -4.64. The normalized spacial score (nSPS) is 25.9. The van der Waals surface area contributed by atoms with Crippen molar-refractivity contribution in [3.8, 4) is 17.6 Å². The fraction of sp³-hybridized carbons (Fsp3) is 0.407. The number of alkyl halides is 3. The van der Waals surface area contributed by atoms with Gasteiger partial charge >= 0.3 is 6.18 Å². The first-order valence-electron chi connectivity index (χ1n) is 11.6. The first-order chi connectivity index (χ1) is 16.2. The predicted molar refractivity (Wildman–Crippen MR) is 119 cm³/mol. The lowest BCUT2D eigenvalue weighted by atomic mass is 9.59. The van der Waals surface area contributed by atoms with Crippen LogP contribution in [0.4, 0.5) is 13.2 Å². The lowest BCUT2D eigenvalue weighted by Crippen LogP contribution is -2.41. The number of aliphatic hydroxyl groups is 1. The summed E-state index contributed by atoms with van der Waals surface area (Å²) < 4.78 is 45.1. The number of rotatable bonds is 4. The molecule has 2 aromatic rings. The number of allylic oxidation sites excluding steroid dienone is 2. The summed E-state index contributed by atoms with van der Waals surface area (Å²) in [6, 6.07) is 9.78. The van der Waals surface area contributed by atoms with Crippen LogP contribution in [0.15, 0.2) is 42.2 Å². The third kappa shape index (κ3) is 3.56. The molecule has 0 amide bonds. The summed E-state index contributed by atoms with van der Waals surface area (Å²) >= 11 is 0. The highest BCUT2D eigenvalue weighted by atomic mass is 19.4. The lowest BCUT2D eigenvalue weighted by molar-refractivity contribution is -0.137. The first kappa shape index (κ1) is 22.5. The van der Waals surface area contributed by atoms with E-state index < -0.39 is 17.3 Å². The number of hydrogen-bond acceptors (Lipinski definition) is 4. The van der Waals surface area contributed by atoms with Crippen LogP contribution in [-0.2, 0) is 17.4 Å². The Kier molecular flexibility index (Phi) is 5.43. The molecule has 0 saturated heterocycles. The molecule has 4 aliphatic carbocycles. The Balaban J connectivity index is 1.51. The molecule has 2 bridgehead atoms. The molecule has 1 N–H and O–H groups in total. The molecule has 4 nitrogen and oxygen atoms in total. The van der Waals surface area contributed by atoms with E-state index in [2.05, 4.69) is 0 Å². The Hall–Kier alpha value is -3.27. The number of nitriles is 1. The van der Waals surface area contributed by atoms with Crippen molar-refractivity contribution in [1.29, 1.82) is 5.26 Å². The maximum absolute atomic E-state index is 13.5. The minimum absolute atomic E-state index is 0.00922. The summed E-state index contributed by atoms with van der Waals surface area (Å²) in [5, 5.41) is 20.3. The van der Waals surface area contributed by atoms with Crippen molar-refractivity contribution in [3.63, 3.8) is 0 Å². The second-order valence-electron chi connectivity index (χ2n) is 9.44. The predicted octanol–water partition coefficient (Wildman–Crippen LogP) is 6.84. The van der Waals surface area contributed by atoms with Crippen molar-refractivity contribution >= 4 is 11.4 Å². The fourth-order valence-corrected chi connectivity index (χ4v) is 6.17. The number of carbonyl (C=O) groups is 1. The molecule has 7 heteroatoms. The molecule has 2 unspecified atom stereocenters. The average Bonchev–Trinajstić information content (AvgIpc) is 3.11. The number of halogens is 3. The highest BCUT2D eigenvalue weighted by Gasteiger charge is 2.54. The molecule has 4 aliphatic rings. The number of Topliss-reactive ketones (excluding diaryl/α,β-unsaturated/α-hetero) is 1. The van der Waals surface area contributed by atoms with Gasteiger partial charge in [-0.05, 0) is 85.4 Å². The van der Waals surface area contributed by atoms with Crippen LogP contribution < -0.4 is 4.74 Å². The number of ether oxygens (including phenoxy) is 1. The quantitative estimate of drug-likeness (QED) is 0.535. The van der Waals surface area contributed by atoms with Gasteiger partial charge in [-0.1, -0.05) is 13.0 Å². The number of aryl methyl sites for hydroxylation is 1. The van der Waals surface area contributed by atoms with Crippen LogP contribution in [0.25, 0.3) is 5.57 Å². The van der Waals surface area contributed by atoms with Gasteiger partial charge in [0.05, 0.1) is 22.8 Å². The molecule has 0 spiro atoms. The maximum Gasteiger partial charge on any atom is 0.417 e. The van der Waals surface area contributed by atoms with Gasteiger partial charge in [-0.25, -0.2) is 0 Å². The Morgan fingerprint density at radius 3 is 2.24 bits per heavy atom. The Morgan fingerprint density at radius 1 is 1.03 bits per heavy atom. The number of fused-ring (bicyclic) bond motifs is 2. The van der Waals surface area contributed by atoms with E-state index in [0.29, 0.717) is 35.1 Å². The summed E-state index contributed by atoms with van der Waals surface area (Å²) in [5.74, 6) is 0.940. The van der Waals surface area contributed by atoms with Crippen LogP contribution >= 0.6 is 0 Å². The van der Waals surface area contributed by atoms with Gasteiger partial charge in [0, 0.05) is 11.8 Å². The fourth-order valence-electron chi connectivity index (χ4n) is 6.17. The third-order valence-electron chi connectivity index (χ3n) is 7.72. The van der Waals surface area contributed by atoms with Gasteiger partial charge in [-0.15, -0.1) is 0 Å². The van der Waals surface area contributed by atoms with E-state index in [0.717, 1.165) is 43.4 Å². The molecule has 0 heterocycles. The number of benzene rings is 2. The average molecular weight is 467 g/mol. The van der Waals surface area contributed by atoms with Gasteiger partial charge in [-0.3, -0.25) is 4.79 Å². The summed E-state index contributed by atoms with van der Waals surface area (Å²) in [7, 11) is 0. The van der Waals surface area contributed by atoms with Gasteiger partial charge in [0.1, 0.15) is 17.3 Å². The molecule has 2 aromatic carbocycles. The lowest BCUT2D eigenvalue weighted by Gasteiger charge is -2.44. The van der Waals surface area contributed by atoms with Crippen LogP contribution in [-0.4, -0.2) is 10.9 Å². The number of hydrogen-bond donors (Lipinski definition) is 1. The van der Waals surface area contributed by atoms with Crippen LogP contribution in [0, 0.1) is 35.0 Å². The molecule has 2 atom stereocenters. The van der Waals surface area contributed by atoms with Crippen molar-refractivity contribution in [2.75, 3.05) is 0 Å². The van der Waals surface area contributed by atoms with Crippen molar-refractivity contribution in [2.45, 2.75) is 45.2 Å². The van der Waals surface area contributed by atoms with Gasteiger partial charge in [0.15, 0.2) is 5.78 Å². The first-order valence-corrected chi connectivity index (χ1v) is 11.6. The van der Waals surface area contributed by atoms with Crippen molar-refractivity contribution in [1.82, 2.24) is 0 Å². The Labute approximate surface area is 195 Å². The zero-order valence-electron chi connectivity index (χ0n) is 18.7. The monoisotopic (exact) mass is 467 g/mol. The second-order valence-corrected chi connectivity index (χ2v) is 9.44. The Bertz CT molecular complexity index is 1230. The molecule has 0 aliphatic heterocycles. The van der Waals surface area contributed by atoms with Crippen LogP contribution in [0.2, 0.25) is 0 Å². The molecule has 3 fully saturated rings. The van der Waals surface area contributed by atoms with Crippen molar-refractivity contribution in [2.24, 2.45) is 23.7 Å². The summed E-state index contributed by atoms with van der Waals surface area (Å²) in [5.41, 5.74) is 0.317. The standard InChI is InChI=1S/C27H24F3NO3/c1-2-14-7-8-19(34-18-9-10-21(27(28,29)30)17(11-18)13-31)12-20(14)24-25(32)22-15-3-4-16(6-5-15)23(22)26(24)33/h7-12,15-16,22-23,32H,2-6H2,1H3/t15-,16+,22?,23?. The topological polar surface area (TPSA) is 70.3 Å². The van der Waals surface area contributed by atoms with Crippen molar-refractivity contribution < 1.29 is 27.8 Å². The second kappa shape index (κ2) is 8.19. The molecular weight excluding hydrogens is 443 g/mol. The molecule has 0 radical (unpaired) electrons. The SMILES string of the molecule is CCc1ccc(Oc2ccc(C(F)(F)F)c(C#N)c2)cc1C1=C(O)C2C(C1=O)[C@H]1CC[C@@H]2CC1. The van der Waals surface area contributed by atoms with Gasteiger partial charge in [0.25, 0.3) is 0 Å². The summed E-state index contributed by atoms with van der Waals surface area (Å²) in [4.78, 5) is 13.5. The highest BCUT2D eigenvalue weighted by Crippen LogP contribution is 2.57. The molecule has 3 saturated carbocycles. The van der Waals surface area contributed by atoms with E-state index in [1.807, 2.05) is 13.0 Å². The largest absolute Gasteiger partial charge is 0.511 e. The highest BCUT2D eigenvalue weighted by molar-refractivity contribution is 6.25. The zero-order chi connectivity index (χ0) is 24.2. The number of nitrogens with zero attached hydrogens (tertiary/aromatic N) is 1. The number of ketones is 1. The smallest absolute Gasteiger partial charge is 0.417 e.